The number of hydrogen-bond donors (Lipinski definition) is 2. The fourth-order valence-corrected chi connectivity index (χ4v) is 2.26. The summed E-state index contributed by atoms with van der Waals surface area (Å²) in [7, 11) is 0. The number of rotatable bonds is 4. The van der Waals surface area contributed by atoms with Crippen molar-refractivity contribution < 1.29 is 0 Å². The van der Waals surface area contributed by atoms with E-state index in [9.17, 15) is 0 Å². The summed E-state index contributed by atoms with van der Waals surface area (Å²) in [6.07, 6.45) is 2.53. The zero-order valence-electron chi connectivity index (χ0n) is 8.91. The third kappa shape index (κ3) is 2.55. The Hall–Kier alpha value is -1.05. The molecule has 0 radical (unpaired) electrons. The highest BCUT2D eigenvalue weighted by Gasteiger charge is 2.30. The Kier molecular flexibility index (Phi) is 3.47. The maximum Gasteiger partial charge on any atom is 0.0992 e. The standard InChI is InChI=1S/C12H14BrN3/c13-10-5-8(6-14)1-4-11(10)16-12(7-15)9-2-3-9/h1,4-5,9,12,16H,2-3,7,15H2. The maximum atomic E-state index is 8.77. The lowest BCUT2D eigenvalue weighted by molar-refractivity contribution is 0.645. The largest absolute Gasteiger partial charge is 0.380 e. The second kappa shape index (κ2) is 4.86. The second-order valence-electron chi connectivity index (χ2n) is 4.13. The van der Waals surface area contributed by atoms with Crippen LogP contribution in [0.4, 0.5) is 5.69 Å². The molecule has 1 saturated carbocycles. The van der Waals surface area contributed by atoms with E-state index in [1.165, 1.54) is 12.8 Å². The highest BCUT2D eigenvalue weighted by Crippen LogP contribution is 2.35. The smallest absolute Gasteiger partial charge is 0.0992 e. The van der Waals surface area contributed by atoms with Gasteiger partial charge in [0.05, 0.1) is 11.6 Å². The number of nitrogens with zero attached hydrogens (tertiary/aromatic N) is 1. The van der Waals surface area contributed by atoms with Gasteiger partial charge >= 0.3 is 0 Å². The predicted octanol–water partition coefficient (Wildman–Crippen LogP) is 2.47. The minimum atomic E-state index is 0.351. The molecule has 0 aliphatic heterocycles. The molecule has 84 valence electrons. The molecule has 3 N–H and O–H groups in total. The minimum absolute atomic E-state index is 0.351. The van der Waals surface area contributed by atoms with Crippen LogP contribution in [-0.4, -0.2) is 12.6 Å². The number of halogens is 1. The van der Waals surface area contributed by atoms with E-state index in [4.69, 9.17) is 11.0 Å². The van der Waals surface area contributed by atoms with Crippen molar-refractivity contribution in [3.63, 3.8) is 0 Å². The first-order chi connectivity index (χ1) is 7.74. The number of nitriles is 1. The summed E-state index contributed by atoms with van der Waals surface area (Å²) in [5.74, 6) is 0.715. The van der Waals surface area contributed by atoms with Crippen molar-refractivity contribution >= 4 is 21.6 Å². The lowest BCUT2D eigenvalue weighted by atomic mass is 10.1. The van der Waals surface area contributed by atoms with E-state index in [2.05, 4.69) is 27.3 Å². The van der Waals surface area contributed by atoms with Crippen LogP contribution in [0.3, 0.4) is 0 Å². The Labute approximate surface area is 104 Å². The van der Waals surface area contributed by atoms with Crippen molar-refractivity contribution in [1.82, 2.24) is 0 Å². The normalized spacial score (nSPS) is 16.6. The van der Waals surface area contributed by atoms with Crippen LogP contribution in [0.2, 0.25) is 0 Å². The predicted molar refractivity (Wildman–Crippen MR) is 68.0 cm³/mol. The lowest BCUT2D eigenvalue weighted by Crippen LogP contribution is -2.30. The van der Waals surface area contributed by atoms with E-state index in [0.29, 0.717) is 24.1 Å². The molecule has 3 nitrogen and oxygen atoms in total. The van der Waals surface area contributed by atoms with Crippen LogP contribution >= 0.6 is 15.9 Å². The molecule has 4 heteroatoms. The molecule has 1 fully saturated rings. The van der Waals surface area contributed by atoms with Crippen LogP contribution in [0.25, 0.3) is 0 Å². The SMILES string of the molecule is N#Cc1ccc(NC(CN)C2CC2)c(Br)c1. The molecule has 1 aliphatic rings. The van der Waals surface area contributed by atoms with Crippen LogP contribution in [0.5, 0.6) is 0 Å². The molecule has 1 aliphatic carbocycles. The average Bonchev–Trinajstić information content (AvgIpc) is 3.11. The van der Waals surface area contributed by atoms with Crippen molar-refractivity contribution in [1.29, 1.82) is 5.26 Å². The van der Waals surface area contributed by atoms with Crippen molar-refractivity contribution in [2.24, 2.45) is 11.7 Å². The molecule has 0 aromatic heterocycles. The number of anilines is 1. The highest BCUT2D eigenvalue weighted by atomic mass is 79.9. The molecule has 0 heterocycles. The summed E-state index contributed by atoms with van der Waals surface area (Å²) >= 11 is 3.46. The minimum Gasteiger partial charge on any atom is -0.380 e. The lowest BCUT2D eigenvalue weighted by Gasteiger charge is -2.18. The maximum absolute atomic E-state index is 8.77. The van der Waals surface area contributed by atoms with Crippen LogP contribution in [0.1, 0.15) is 18.4 Å². The van der Waals surface area contributed by atoms with Gasteiger partial charge in [-0.15, -0.1) is 0 Å². The van der Waals surface area contributed by atoms with Gasteiger partial charge in [0.15, 0.2) is 0 Å². The van der Waals surface area contributed by atoms with Gasteiger partial charge in [-0.25, -0.2) is 0 Å². The quantitative estimate of drug-likeness (QED) is 0.890. The van der Waals surface area contributed by atoms with E-state index in [-0.39, 0.29) is 0 Å². The van der Waals surface area contributed by atoms with Gasteiger partial charge in [-0.1, -0.05) is 0 Å². The number of hydrogen-bond acceptors (Lipinski definition) is 3. The molecule has 1 aromatic rings. The summed E-state index contributed by atoms with van der Waals surface area (Å²) in [6.45, 7) is 0.650. The van der Waals surface area contributed by atoms with Gasteiger partial charge in [0.2, 0.25) is 0 Å². The Morgan fingerprint density at radius 1 is 1.56 bits per heavy atom. The third-order valence-electron chi connectivity index (χ3n) is 2.88. The van der Waals surface area contributed by atoms with Gasteiger partial charge in [-0.05, 0) is 52.9 Å². The first kappa shape index (κ1) is 11.4. The van der Waals surface area contributed by atoms with Gasteiger partial charge in [-0.3, -0.25) is 0 Å². The highest BCUT2D eigenvalue weighted by molar-refractivity contribution is 9.10. The van der Waals surface area contributed by atoms with Gasteiger partial charge < -0.3 is 11.1 Å². The summed E-state index contributed by atoms with van der Waals surface area (Å²) in [5, 5.41) is 12.2. The fourth-order valence-electron chi connectivity index (χ4n) is 1.77. The van der Waals surface area contributed by atoms with Gasteiger partial charge in [0.25, 0.3) is 0 Å². The molecule has 16 heavy (non-hydrogen) atoms. The number of benzene rings is 1. The first-order valence-electron chi connectivity index (χ1n) is 5.41. The molecule has 0 spiro atoms. The molecule has 1 unspecified atom stereocenters. The summed E-state index contributed by atoms with van der Waals surface area (Å²) < 4.78 is 0.922. The zero-order valence-corrected chi connectivity index (χ0v) is 10.5. The second-order valence-corrected chi connectivity index (χ2v) is 4.98. The molecule has 0 saturated heterocycles. The van der Waals surface area contributed by atoms with E-state index in [1.54, 1.807) is 0 Å². The Bertz CT molecular complexity index is 421. The van der Waals surface area contributed by atoms with Gasteiger partial charge in [-0.2, -0.15) is 5.26 Å². The fraction of sp³-hybridized carbons (Fsp3) is 0.417. The van der Waals surface area contributed by atoms with Crippen LogP contribution in [-0.2, 0) is 0 Å². The van der Waals surface area contributed by atoms with Crippen molar-refractivity contribution in [2.75, 3.05) is 11.9 Å². The molecule has 0 bridgehead atoms. The van der Waals surface area contributed by atoms with Gasteiger partial charge in [0, 0.05) is 22.7 Å². The van der Waals surface area contributed by atoms with Crippen molar-refractivity contribution in [3.8, 4) is 6.07 Å². The van der Waals surface area contributed by atoms with E-state index >= 15 is 0 Å². The number of nitrogens with two attached hydrogens (primary N) is 1. The Morgan fingerprint density at radius 3 is 2.81 bits per heavy atom. The third-order valence-corrected chi connectivity index (χ3v) is 3.54. The Balaban J connectivity index is 2.11. The first-order valence-corrected chi connectivity index (χ1v) is 6.20. The molecule has 1 atom stereocenters. The zero-order chi connectivity index (χ0) is 11.5. The van der Waals surface area contributed by atoms with E-state index in [1.807, 2.05) is 18.2 Å². The monoisotopic (exact) mass is 279 g/mol. The van der Waals surface area contributed by atoms with Gasteiger partial charge in [0.1, 0.15) is 0 Å². The van der Waals surface area contributed by atoms with E-state index in [0.717, 1.165) is 10.2 Å². The molecule has 1 aromatic carbocycles. The van der Waals surface area contributed by atoms with E-state index < -0.39 is 0 Å². The topological polar surface area (TPSA) is 61.8 Å². The summed E-state index contributed by atoms with van der Waals surface area (Å²) in [5.41, 5.74) is 7.41. The molecular weight excluding hydrogens is 266 g/mol. The summed E-state index contributed by atoms with van der Waals surface area (Å²) in [4.78, 5) is 0. The molecule has 0 amide bonds. The molecule has 2 rings (SSSR count). The molecular formula is C12H14BrN3. The van der Waals surface area contributed by atoms with Crippen LogP contribution in [0.15, 0.2) is 22.7 Å². The van der Waals surface area contributed by atoms with Crippen molar-refractivity contribution in [2.45, 2.75) is 18.9 Å². The number of nitrogens with one attached hydrogen (secondary N) is 1. The summed E-state index contributed by atoms with van der Waals surface area (Å²) in [6, 6.07) is 8.03. The van der Waals surface area contributed by atoms with Crippen LogP contribution < -0.4 is 11.1 Å². The average molecular weight is 280 g/mol. The van der Waals surface area contributed by atoms with Crippen molar-refractivity contribution in [3.05, 3.63) is 28.2 Å². The van der Waals surface area contributed by atoms with Crippen LogP contribution in [0, 0.1) is 17.2 Å². The Morgan fingerprint density at radius 2 is 2.31 bits per heavy atom.